The van der Waals surface area contributed by atoms with Crippen molar-refractivity contribution in [2.75, 3.05) is 0 Å². The first kappa shape index (κ1) is 33.6. The molecule has 0 aliphatic rings. The summed E-state index contributed by atoms with van der Waals surface area (Å²) in [6, 6.07) is 71.4. The Balaban J connectivity index is 0.957. The summed E-state index contributed by atoms with van der Waals surface area (Å²) in [4.78, 5) is 15.7. The summed E-state index contributed by atoms with van der Waals surface area (Å²) in [7, 11) is 0. The van der Waals surface area contributed by atoms with Crippen LogP contribution in [0, 0.1) is 0 Å². The van der Waals surface area contributed by atoms with Crippen LogP contribution < -0.4 is 0 Å². The minimum Gasteiger partial charge on any atom is -0.247 e. The molecule has 0 aliphatic heterocycles. The zero-order valence-corrected chi connectivity index (χ0v) is 32.6. The van der Waals surface area contributed by atoms with E-state index < -0.39 is 0 Å². The van der Waals surface area contributed by atoms with Crippen molar-refractivity contribution >= 4 is 74.7 Å². The monoisotopic (exact) mass is 767 g/mol. The van der Waals surface area contributed by atoms with Crippen LogP contribution in [-0.2, 0) is 0 Å². The van der Waals surface area contributed by atoms with Crippen molar-refractivity contribution in [1.29, 1.82) is 0 Å². The van der Waals surface area contributed by atoms with Gasteiger partial charge in [0.15, 0.2) is 5.82 Å². The number of aromatic nitrogens is 3. The largest absolute Gasteiger partial charge is 0.247 e. The standard InChI is InChI=1S/C55H33N3S/c1-3-12-38-30-41(26-22-34(38)10-1)50-33-49(57-55(58-50)43-27-23-35-11-2-4-13-39(35)32-43)37-24-20-36(21-25-37)40-14-9-15-42(31-40)53-47-29-28-45-44-16-6-8-19-51(44)59-54(45)52(47)46-17-5-7-18-48(46)56-53/h1-33H. The second-order valence-corrected chi connectivity index (χ2v) is 16.2. The van der Waals surface area contributed by atoms with Crippen molar-refractivity contribution in [2.24, 2.45) is 0 Å². The van der Waals surface area contributed by atoms with Crippen molar-refractivity contribution in [3.63, 3.8) is 0 Å². The van der Waals surface area contributed by atoms with Crippen LogP contribution in [-0.4, -0.2) is 15.0 Å². The molecule has 274 valence electrons. The fourth-order valence-corrected chi connectivity index (χ4v) is 9.93. The van der Waals surface area contributed by atoms with Gasteiger partial charge in [0.05, 0.1) is 22.6 Å². The molecule has 59 heavy (non-hydrogen) atoms. The molecule has 0 fully saturated rings. The molecular weight excluding hydrogens is 735 g/mol. The molecule has 0 saturated carbocycles. The van der Waals surface area contributed by atoms with Crippen molar-refractivity contribution < 1.29 is 0 Å². The van der Waals surface area contributed by atoms with Crippen molar-refractivity contribution in [3.8, 4) is 56.3 Å². The Morgan fingerprint density at radius 2 is 0.915 bits per heavy atom. The van der Waals surface area contributed by atoms with Gasteiger partial charge in [-0.2, -0.15) is 0 Å². The Kier molecular flexibility index (Phi) is 7.72. The normalized spacial score (nSPS) is 11.7. The predicted octanol–water partition coefficient (Wildman–Crippen LogP) is 15.2. The summed E-state index contributed by atoms with van der Waals surface area (Å²) in [5.74, 6) is 0.705. The van der Waals surface area contributed by atoms with Crippen LogP contribution in [0.4, 0.5) is 0 Å². The molecule has 9 aromatic carbocycles. The second-order valence-electron chi connectivity index (χ2n) is 15.2. The Morgan fingerprint density at radius 1 is 0.322 bits per heavy atom. The SMILES string of the molecule is c1cc(-c2ccc(-c3cc(-c4ccc5ccccc5c4)nc(-c4ccc5ccccc5c4)n3)cc2)cc(-c2nc3ccccc3c3c2ccc2c4ccccc4sc23)c1. The van der Waals surface area contributed by atoms with E-state index in [4.69, 9.17) is 15.0 Å². The van der Waals surface area contributed by atoms with Gasteiger partial charge in [-0.1, -0.05) is 164 Å². The van der Waals surface area contributed by atoms with Crippen LogP contribution in [0.15, 0.2) is 200 Å². The van der Waals surface area contributed by atoms with Gasteiger partial charge >= 0.3 is 0 Å². The number of thiophene rings is 1. The third-order valence-corrected chi connectivity index (χ3v) is 12.8. The molecule has 3 heterocycles. The molecule has 3 nitrogen and oxygen atoms in total. The number of benzene rings is 9. The van der Waals surface area contributed by atoms with Crippen LogP contribution in [0.25, 0.3) is 120 Å². The van der Waals surface area contributed by atoms with Gasteiger partial charge in [-0.15, -0.1) is 11.3 Å². The van der Waals surface area contributed by atoms with E-state index in [1.807, 2.05) is 11.3 Å². The Morgan fingerprint density at radius 3 is 1.71 bits per heavy atom. The molecular formula is C55H33N3S. The highest BCUT2D eigenvalue weighted by Gasteiger charge is 2.17. The van der Waals surface area contributed by atoms with Crippen molar-refractivity contribution in [1.82, 2.24) is 15.0 Å². The molecule has 0 radical (unpaired) electrons. The maximum atomic E-state index is 5.31. The van der Waals surface area contributed by atoms with Gasteiger partial charge in [-0.3, -0.25) is 0 Å². The van der Waals surface area contributed by atoms with E-state index >= 15 is 0 Å². The molecule has 0 spiro atoms. The minimum atomic E-state index is 0.705. The van der Waals surface area contributed by atoms with E-state index in [2.05, 4.69) is 200 Å². The smallest absolute Gasteiger partial charge is 0.160 e. The van der Waals surface area contributed by atoms with Crippen LogP contribution in [0.3, 0.4) is 0 Å². The highest BCUT2D eigenvalue weighted by molar-refractivity contribution is 7.26. The summed E-state index contributed by atoms with van der Waals surface area (Å²) >= 11 is 1.87. The lowest BCUT2D eigenvalue weighted by molar-refractivity contribution is 1.18. The van der Waals surface area contributed by atoms with Crippen LogP contribution >= 0.6 is 11.3 Å². The first-order valence-corrected chi connectivity index (χ1v) is 20.7. The third kappa shape index (κ3) is 5.76. The Hall–Kier alpha value is -7.53. The number of para-hydroxylation sites is 1. The topological polar surface area (TPSA) is 38.7 Å². The quantitative estimate of drug-likeness (QED) is 0.164. The third-order valence-electron chi connectivity index (χ3n) is 11.6. The fraction of sp³-hybridized carbons (Fsp3) is 0. The molecule has 12 aromatic rings. The molecule has 0 aliphatic carbocycles. The van der Waals surface area contributed by atoms with Gasteiger partial charge in [-0.25, -0.2) is 15.0 Å². The lowest BCUT2D eigenvalue weighted by atomic mass is 9.95. The molecule has 4 heteroatoms. The van der Waals surface area contributed by atoms with E-state index in [0.29, 0.717) is 5.82 Å². The molecule has 0 saturated heterocycles. The maximum Gasteiger partial charge on any atom is 0.160 e. The highest BCUT2D eigenvalue weighted by atomic mass is 32.1. The average molecular weight is 768 g/mol. The van der Waals surface area contributed by atoms with Gasteiger partial charge in [-0.05, 0) is 69.1 Å². The Labute approximate surface area is 344 Å². The maximum absolute atomic E-state index is 5.31. The second kappa shape index (κ2) is 13.6. The van der Waals surface area contributed by atoms with E-state index in [1.165, 1.54) is 52.5 Å². The molecule has 0 unspecified atom stereocenters. The molecule has 12 rings (SSSR count). The first-order valence-electron chi connectivity index (χ1n) is 19.9. The van der Waals surface area contributed by atoms with Gasteiger partial charge in [0.25, 0.3) is 0 Å². The summed E-state index contributed by atoms with van der Waals surface area (Å²) in [6.07, 6.45) is 0. The van der Waals surface area contributed by atoms with Crippen molar-refractivity contribution in [3.05, 3.63) is 200 Å². The highest BCUT2D eigenvalue weighted by Crippen LogP contribution is 2.43. The average Bonchev–Trinajstić information content (AvgIpc) is 3.70. The lowest BCUT2D eigenvalue weighted by Crippen LogP contribution is -1.96. The summed E-state index contributed by atoms with van der Waals surface area (Å²) in [5, 5.41) is 11.0. The zero-order chi connectivity index (χ0) is 38.9. The van der Waals surface area contributed by atoms with E-state index in [1.54, 1.807) is 0 Å². The summed E-state index contributed by atoms with van der Waals surface area (Å²) in [5.41, 5.74) is 10.2. The zero-order valence-electron chi connectivity index (χ0n) is 31.8. The molecule has 3 aromatic heterocycles. The number of hydrogen-bond donors (Lipinski definition) is 0. The minimum absolute atomic E-state index is 0.705. The lowest BCUT2D eigenvalue weighted by Gasteiger charge is -2.13. The first-order chi connectivity index (χ1) is 29.2. The summed E-state index contributed by atoms with van der Waals surface area (Å²) < 4.78 is 2.62. The fourth-order valence-electron chi connectivity index (χ4n) is 8.67. The number of fused-ring (bicyclic) bond motifs is 9. The van der Waals surface area contributed by atoms with Crippen LogP contribution in [0.1, 0.15) is 0 Å². The van der Waals surface area contributed by atoms with Gasteiger partial charge in [0, 0.05) is 58.6 Å². The van der Waals surface area contributed by atoms with Crippen molar-refractivity contribution in [2.45, 2.75) is 0 Å². The van der Waals surface area contributed by atoms with E-state index in [-0.39, 0.29) is 0 Å². The predicted molar refractivity (Wildman–Crippen MR) is 250 cm³/mol. The van der Waals surface area contributed by atoms with E-state index in [9.17, 15) is 0 Å². The number of nitrogens with zero attached hydrogens (tertiary/aromatic N) is 3. The van der Waals surface area contributed by atoms with Gasteiger partial charge in [0.1, 0.15) is 0 Å². The molecule has 0 N–H and O–H groups in total. The number of rotatable bonds is 5. The molecule has 0 bridgehead atoms. The van der Waals surface area contributed by atoms with Crippen LogP contribution in [0.2, 0.25) is 0 Å². The number of hydrogen-bond acceptors (Lipinski definition) is 4. The van der Waals surface area contributed by atoms with E-state index in [0.717, 1.165) is 61.4 Å². The number of pyridine rings is 1. The van der Waals surface area contributed by atoms with Crippen LogP contribution in [0.5, 0.6) is 0 Å². The van der Waals surface area contributed by atoms with Gasteiger partial charge < -0.3 is 0 Å². The molecule has 0 atom stereocenters. The summed E-state index contributed by atoms with van der Waals surface area (Å²) in [6.45, 7) is 0. The van der Waals surface area contributed by atoms with Gasteiger partial charge in [0.2, 0.25) is 0 Å². The Bertz CT molecular complexity index is 3520. The molecule has 0 amide bonds.